The average Bonchev–Trinajstić information content (AvgIpc) is 2.86. The monoisotopic (exact) mass is 492 g/mol. The molecule has 0 spiro atoms. The third-order valence-electron chi connectivity index (χ3n) is 5.40. The van der Waals surface area contributed by atoms with Crippen LogP contribution in [0.15, 0.2) is 30.3 Å². The normalized spacial score (nSPS) is 24.1. The van der Waals surface area contributed by atoms with Crippen LogP contribution in [0.4, 0.5) is 0 Å². The van der Waals surface area contributed by atoms with Gasteiger partial charge in [-0.2, -0.15) is 0 Å². The van der Waals surface area contributed by atoms with E-state index in [0.29, 0.717) is 22.8 Å². The number of aliphatic carboxylic acids is 1. The Hall–Kier alpha value is -3.51. The molecule has 35 heavy (non-hydrogen) atoms. The molecule has 190 valence electrons. The lowest BCUT2D eigenvalue weighted by atomic mass is 9.99. The smallest absolute Gasteiger partial charge is 0.335 e. The Balaban J connectivity index is 1.88. The van der Waals surface area contributed by atoms with Gasteiger partial charge in [-0.25, -0.2) is 4.79 Å². The van der Waals surface area contributed by atoms with Crippen molar-refractivity contribution in [2.75, 3.05) is 28.4 Å². The van der Waals surface area contributed by atoms with Crippen LogP contribution in [0.25, 0.3) is 12.2 Å². The largest absolute Gasteiger partial charge is 0.493 e. The molecular weight excluding hydrogens is 464 g/mol. The predicted molar refractivity (Wildman–Crippen MR) is 123 cm³/mol. The molecule has 1 aliphatic rings. The molecule has 0 bridgehead atoms. The van der Waals surface area contributed by atoms with Crippen molar-refractivity contribution in [2.24, 2.45) is 0 Å². The molecule has 5 atom stereocenters. The van der Waals surface area contributed by atoms with E-state index in [4.69, 9.17) is 28.4 Å². The highest BCUT2D eigenvalue weighted by molar-refractivity contribution is 5.74. The standard InChI is InChI=1S/C24H28O11/c1-30-14-8-7-12(5-6-13-10-16(31-2)21(33-4)17(11-13)32-3)9-15(14)34-24-20(27)18(25)19(26)22(35-24)23(28)29/h5-11,18-20,22,24-27H,1-4H3,(H,28,29)/b6-5-/t18-,19-,20+,22-,24?/m0/s1. The van der Waals surface area contributed by atoms with E-state index in [9.17, 15) is 25.2 Å². The molecule has 1 unspecified atom stereocenters. The summed E-state index contributed by atoms with van der Waals surface area (Å²) in [7, 11) is 5.96. The number of ether oxygens (including phenoxy) is 6. The zero-order chi connectivity index (χ0) is 25.7. The number of hydrogen-bond acceptors (Lipinski definition) is 10. The van der Waals surface area contributed by atoms with Crippen molar-refractivity contribution in [2.45, 2.75) is 30.7 Å². The summed E-state index contributed by atoms with van der Waals surface area (Å²) in [6, 6.07) is 8.47. The van der Waals surface area contributed by atoms with Gasteiger partial charge in [0.15, 0.2) is 29.1 Å². The SMILES string of the molecule is COc1ccc(/C=C\c2cc(OC)c(OC)c(OC)c2)cc1OC1O[C@H](C(=O)O)[C@@H](O)[C@H](O)[C@H]1O. The summed E-state index contributed by atoms with van der Waals surface area (Å²) in [6.07, 6.45) is -5.11. The lowest BCUT2D eigenvalue weighted by Crippen LogP contribution is -2.61. The lowest BCUT2D eigenvalue weighted by Gasteiger charge is -2.38. The number of rotatable bonds is 9. The molecule has 1 heterocycles. The molecule has 1 fully saturated rings. The van der Waals surface area contributed by atoms with Crippen LogP contribution < -0.4 is 23.7 Å². The van der Waals surface area contributed by atoms with E-state index < -0.39 is 36.7 Å². The van der Waals surface area contributed by atoms with E-state index in [-0.39, 0.29) is 11.5 Å². The maximum Gasteiger partial charge on any atom is 0.335 e. The molecule has 0 amide bonds. The van der Waals surface area contributed by atoms with Crippen molar-refractivity contribution in [1.82, 2.24) is 0 Å². The van der Waals surface area contributed by atoms with Crippen LogP contribution in [0.5, 0.6) is 28.7 Å². The zero-order valence-corrected chi connectivity index (χ0v) is 19.6. The average molecular weight is 492 g/mol. The molecule has 0 aromatic heterocycles. The predicted octanol–water partition coefficient (Wildman–Crippen LogP) is 1.16. The summed E-state index contributed by atoms with van der Waals surface area (Å²) in [5.74, 6) is 0.329. The molecule has 3 rings (SSSR count). The molecule has 0 radical (unpaired) electrons. The Bertz CT molecular complexity index is 1040. The maximum absolute atomic E-state index is 11.4. The number of aliphatic hydroxyl groups is 3. The van der Waals surface area contributed by atoms with Gasteiger partial charge < -0.3 is 48.8 Å². The number of carboxylic acid groups (broad SMARTS) is 1. The van der Waals surface area contributed by atoms with Crippen molar-refractivity contribution >= 4 is 18.1 Å². The summed E-state index contributed by atoms with van der Waals surface area (Å²) >= 11 is 0. The summed E-state index contributed by atoms with van der Waals surface area (Å²) in [6.45, 7) is 0. The van der Waals surface area contributed by atoms with Crippen LogP contribution in [0.1, 0.15) is 11.1 Å². The first-order valence-electron chi connectivity index (χ1n) is 10.5. The number of hydrogen-bond donors (Lipinski definition) is 4. The highest BCUT2D eigenvalue weighted by Crippen LogP contribution is 2.39. The van der Waals surface area contributed by atoms with Gasteiger partial charge in [0.2, 0.25) is 12.0 Å². The van der Waals surface area contributed by atoms with E-state index in [1.807, 2.05) is 0 Å². The van der Waals surface area contributed by atoms with Gasteiger partial charge in [0, 0.05) is 0 Å². The molecule has 1 saturated heterocycles. The van der Waals surface area contributed by atoms with Crippen LogP contribution in [-0.4, -0.2) is 85.5 Å². The lowest BCUT2D eigenvalue weighted by molar-refractivity contribution is -0.271. The van der Waals surface area contributed by atoms with Crippen molar-refractivity contribution < 1.29 is 53.6 Å². The van der Waals surface area contributed by atoms with Crippen LogP contribution in [0.2, 0.25) is 0 Å². The second-order valence-corrected chi connectivity index (χ2v) is 7.56. The summed E-state index contributed by atoms with van der Waals surface area (Å²) in [5.41, 5.74) is 1.42. The number of methoxy groups -OCH3 is 4. The van der Waals surface area contributed by atoms with Gasteiger partial charge in [0.25, 0.3) is 0 Å². The molecule has 11 heteroatoms. The van der Waals surface area contributed by atoms with Crippen molar-refractivity contribution in [3.05, 3.63) is 41.5 Å². The maximum atomic E-state index is 11.4. The molecule has 11 nitrogen and oxygen atoms in total. The quantitative estimate of drug-likeness (QED) is 0.373. The van der Waals surface area contributed by atoms with Crippen molar-refractivity contribution in [3.8, 4) is 28.7 Å². The molecule has 2 aromatic carbocycles. The molecular formula is C24H28O11. The second kappa shape index (κ2) is 11.3. The van der Waals surface area contributed by atoms with Crippen LogP contribution >= 0.6 is 0 Å². The Morgan fingerprint density at radius 2 is 1.34 bits per heavy atom. The van der Waals surface area contributed by atoms with Gasteiger partial charge in [-0.3, -0.25) is 0 Å². The highest BCUT2D eigenvalue weighted by atomic mass is 16.7. The van der Waals surface area contributed by atoms with Gasteiger partial charge in [0.05, 0.1) is 28.4 Å². The van der Waals surface area contributed by atoms with Gasteiger partial charge >= 0.3 is 5.97 Å². The Morgan fingerprint density at radius 1 is 0.771 bits per heavy atom. The van der Waals surface area contributed by atoms with Gasteiger partial charge in [0.1, 0.15) is 18.3 Å². The number of carbonyl (C=O) groups is 1. The van der Waals surface area contributed by atoms with Gasteiger partial charge in [-0.05, 0) is 35.4 Å². The minimum absolute atomic E-state index is 0.122. The van der Waals surface area contributed by atoms with Crippen molar-refractivity contribution in [3.63, 3.8) is 0 Å². The van der Waals surface area contributed by atoms with Crippen LogP contribution in [0, 0.1) is 0 Å². The van der Waals surface area contributed by atoms with Gasteiger partial charge in [-0.1, -0.05) is 18.2 Å². The van der Waals surface area contributed by atoms with E-state index in [1.54, 1.807) is 42.5 Å². The van der Waals surface area contributed by atoms with E-state index in [0.717, 1.165) is 5.56 Å². The minimum Gasteiger partial charge on any atom is -0.493 e. The topological polar surface area (TPSA) is 153 Å². The molecule has 0 aliphatic carbocycles. The van der Waals surface area contributed by atoms with E-state index in [1.165, 1.54) is 28.4 Å². The Kier molecular flexibility index (Phi) is 8.41. The first-order valence-corrected chi connectivity index (χ1v) is 10.5. The summed E-state index contributed by atoms with van der Waals surface area (Å²) < 4.78 is 32.2. The fraction of sp³-hybridized carbons (Fsp3) is 0.375. The Labute approximate surface area is 201 Å². The first-order chi connectivity index (χ1) is 16.7. The molecule has 4 N–H and O–H groups in total. The molecule has 2 aromatic rings. The molecule has 1 aliphatic heterocycles. The van der Waals surface area contributed by atoms with Crippen LogP contribution in [-0.2, 0) is 9.53 Å². The van der Waals surface area contributed by atoms with Crippen LogP contribution in [0.3, 0.4) is 0 Å². The van der Waals surface area contributed by atoms with E-state index >= 15 is 0 Å². The number of carboxylic acids is 1. The van der Waals surface area contributed by atoms with Crippen molar-refractivity contribution in [1.29, 1.82) is 0 Å². The first kappa shape index (κ1) is 26.1. The number of benzene rings is 2. The summed E-state index contributed by atoms with van der Waals surface area (Å²) in [4.78, 5) is 11.4. The second-order valence-electron chi connectivity index (χ2n) is 7.56. The highest BCUT2D eigenvalue weighted by Gasteiger charge is 2.48. The van der Waals surface area contributed by atoms with E-state index in [2.05, 4.69) is 0 Å². The molecule has 0 saturated carbocycles. The number of aliphatic hydroxyl groups excluding tert-OH is 3. The minimum atomic E-state index is -1.82. The Morgan fingerprint density at radius 3 is 1.89 bits per heavy atom. The zero-order valence-electron chi connectivity index (χ0n) is 19.6. The fourth-order valence-electron chi connectivity index (χ4n) is 3.55. The third kappa shape index (κ3) is 5.60. The summed E-state index contributed by atoms with van der Waals surface area (Å²) in [5, 5.41) is 39.4. The van der Waals surface area contributed by atoms with Gasteiger partial charge in [-0.15, -0.1) is 0 Å². The third-order valence-corrected chi connectivity index (χ3v) is 5.40. The fourth-order valence-corrected chi connectivity index (χ4v) is 3.55.